The van der Waals surface area contributed by atoms with Crippen molar-refractivity contribution in [1.82, 2.24) is 9.97 Å². The molecule has 2 aromatic heterocycles. The van der Waals surface area contributed by atoms with Gasteiger partial charge in [0, 0.05) is 17.0 Å². The average Bonchev–Trinajstić information content (AvgIpc) is 2.87. The summed E-state index contributed by atoms with van der Waals surface area (Å²) >= 11 is 0. The number of hydrogen-bond acceptors (Lipinski definition) is 6. The van der Waals surface area contributed by atoms with E-state index in [9.17, 15) is 8.42 Å². The molecule has 7 nitrogen and oxygen atoms in total. The van der Waals surface area contributed by atoms with E-state index in [1.54, 1.807) is 60.8 Å². The lowest BCUT2D eigenvalue weighted by atomic mass is 10.1. The number of pyridine rings is 2. The maximum atomic E-state index is 13.2. The topological polar surface area (TPSA) is 105 Å². The van der Waals surface area contributed by atoms with E-state index in [2.05, 4.69) is 15.8 Å². The summed E-state index contributed by atoms with van der Waals surface area (Å²) in [6, 6.07) is 24.8. The number of rotatable bonds is 6. The van der Waals surface area contributed by atoms with Gasteiger partial charge in [-0.15, -0.1) is 0 Å². The largest absolute Gasteiger partial charge is 0.487 e. The highest BCUT2D eigenvalue weighted by molar-refractivity contribution is 7.93. The van der Waals surface area contributed by atoms with Crippen LogP contribution in [-0.2, 0) is 16.6 Å². The van der Waals surface area contributed by atoms with Gasteiger partial charge in [0.1, 0.15) is 17.3 Å². The van der Waals surface area contributed by atoms with E-state index in [1.807, 2.05) is 31.2 Å². The number of aryl methyl sites for hydroxylation is 1. The Bertz CT molecular complexity index is 1700. The van der Waals surface area contributed by atoms with Crippen LogP contribution in [0.1, 0.15) is 16.8 Å². The minimum Gasteiger partial charge on any atom is -0.487 e. The SMILES string of the molecule is Cc1cc2ccc(NS(=O)(=O)c3cccc4cccnc34)cc2nc1COc1ccc(C#N)cc1. The van der Waals surface area contributed by atoms with Crippen molar-refractivity contribution in [2.45, 2.75) is 18.4 Å². The highest BCUT2D eigenvalue weighted by atomic mass is 32.2. The molecule has 0 aliphatic rings. The van der Waals surface area contributed by atoms with E-state index < -0.39 is 10.0 Å². The Labute approximate surface area is 202 Å². The number of anilines is 1. The molecule has 0 spiro atoms. The van der Waals surface area contributed by atoms with Crippen LogP contribution in [0.2, 0.25) is 0 Å². The zero-order chi connectivity index (χ0) is 24.4. The molecule has 3 aromatic carbocycles. The fourth-order valence-corrected chi connectivity index (χ4v) is 5.03. The molecule has 0 amide bonds. The number of sulfonamides is 1. The fraction of sp³-hybridized carbons (Fsp3) is 0.0741. The molecule has 1 N–H and O–H groups in total. The summed E-state index contributed by atoms with van der Waals surface area (Å²) < 4.78 is 34.8. The van der Waals surface area contributed by atoms with Crippen molar-refractivity contribution in [2.24, 2.45) is 0 Å². The summed E-state index contributed by atoms with van der Waals surface area (Å²) in [5.74, 6) is 0.635. The number of ether oxygens (including phenoxy) is 1. The second-order valence-corrected chi connectivity index (χ2v) is 9.67. The van der Waals surface area contributed by atoms with Gasteiger partial charge in [0.2, 0.25) is 0 Å². The third-order valence-electron chi connectivity index (χ3n) is 5.61. The average molecular weight is 481 g/mol. The van der Waals surface area contributed by atoms with Gasteiger partial charge in [-0.1, -0.05) is 24.3 Å². The van der Waals surface area contributed by atoms with Gasteiger partial charge in [0.05, 0.1) is 34.0 Å². The van der Waals surface area contributed by atoms with Gasteiger partial charge in [-0.2, -0.15) is 5.26 Å². The van der Waals surface area contributed by atoms with Crippen LogP contribution in [0.25, 0.3) is 21.8 Å². The lowest BCUT2D eigenvalue weighted by Crippen LogP contribution is -2.13. The molecule has 172 valence electrons. The van der Waals surface area contributed by atoms with E-state index in [1.165, 1.54) is 0 Å². The minimum atomic E-state index is -3.87. The molecule has 2 heterocycles. The Morgan fingerprint density at radius 2 is 1.77 bits per heavy atom. The zero-order valence-corrected chi connectivity index (χ0v) is 19.6. The standard InChI is InChI=1S/C27H20N4O3S/c1-18-14-21-9-10-22(31-35(32,33)26-6-2-4-20-5-3-13-29-27(20)26)15-24(21)30-25(18)17-34-23-11-7-19(16-28)8-12-23/h2-15,31H,17H2,1H3. The van der Waals surface area contributed by atoms with Gasteiger partial charge in [0.15, 0.2) is 0 Å². The first-order valence-corrected chi connectivity index (χ1v) is 12.3. The molecule has 8 heteroatoms. The van der Waals surface area contributed by atoms with E-state index in [-0.39, 0.29) is 11.5 Å². The number of fused-ring (bicyclic) bond motifs is 2. The summed E-state index contributed by atoms with van der Waals surface area (Å²) in [5, 5.41) is 10.6. The lowest BCUT2D eigenvalue weighted by Gasteiger charge is -2.12. The van der Waals surface area contributed by atoms with Gasteiger partial charge in [0.25, 0.3) is 10.0 Å². The highest BCUT2D eigenvalue weighted by Gasteiger charge is 2.18. The van der Waals surface area contributed by atoms with E-state index >= 15 is 0 Å². The molecule has 0 aliphatic carbocycles. The maximum Gasteiger partial charge on any atom is 0.264 e. The normalized spacial score (nSPS) is 11.3. The number of aromatic nitrogens is 2. The number of nitrogens with one attached hydrogen (secondary N) is 1. The zero-order valence-electron chi connectivity index (χ0n) is 18.8. The highest BCUT2D eigenvalue weighted by Crippen LogP contribution is 2.26. The van der Waals surface area contributed by atoms with Crippen molar-refractivity contribution in [2.75, 3.05) is 4.72 Å². The minimum absolute atomic E-state index is 0.115. The summed E-state index contributed by atoms with van der Waals surface area (Å²) in [6.45, 7) is 2.19. The molecular formula is C27H20N4O3S. The van der Waals surface area contributed by atoms with Gasteiger partial charge in [-0.05, 0) is 67.1 Å². The Balaban J connectivity index is 1.42. The number of nitrogens with zero attached hydrogens (tertiary/aromatic N) is 3. The van der Waals surface area contributed by atoms with Gasteiger partial charge in [-0.25, -0.2) is 13.4 Å². The van der Waals surface area contributed by atoms with Crippen molar-refractivity contribution >= 4 is 37.5 Å². The summed E-state index contributed by atoms with van der Waals surface area (Å²) in [7, 11) is -3.87. The fourth-order valence-electron chi connectivity index (χ4n) is 3.80. The summed E-state index contributed by atoms with van der Waals surface area (Å²) in [4.78, 5) is 9.08. The van der Waals surface area contributed by atoms with Gasteiger partial charge >= 0.3 is 0 Å². The maximum absolute atomic E-state index is 13.2. The Morgan fingerprint density at radius 1 is 0.971 bits per heavy atom. The Morgan fingerprint density at radius 3 is 2.57 bits per heavy atom. The van der Waals surface area contributed by atoms with Crippen molar-refractivity contribution in [1.29, 1.82) is 5.26 Å². The van der Waals surface area contributed by atoms with Gasteiger partial charge in [-0.3, -0.25) is 9.71 Å². The Hall–Kier alpha value is -4.48. The predicted molar refractivity (Wildman–Crippen MR) is 135 cm³/mol. The molecule has 0 unspecified atom stereocenters. The molecule has 0 radical (unpaired) electrons. The molecular weight excluding hydrogens is 460 g/mol. The molecule has 0 bridgehead atoms. The molecule has 5 rings (SSSR count). The van der Waals surface area contributed by atoms with Crippen LogP contribution in [0.5, 0.6) is 5.75 Å². The summed E-state index contributed by atoms with van der Waals surface area (Å²) in [5.41, 5.74) is 3.72. The third kappa shape index (κ3) is 4.63. The molecule has 35 heavy (non-hydrogen) atoms. The van der Waals surface area contributed by atoms with Crippen LogP contribution in [0, 0.1) is 18.3 Å². The first-order chi connectivity index (χ1) is 16.9. The Kier molecular flexibility index (Phi) is 5.77. The second-order valence-electron chi connectivity index (χ2n) is 8.02. The van der Waals surface area contributed by atoms with Crippen molar-refractivity contribution in [3.63, 3.8) is 0 Å². The molecule has 0 aliphatic heterocycles. The van der Waals surface area contributed by atoms with E-state index in [0.717, 1.165) is 22.0 Å². The smallest absolute Gasteiger partial charge is 0.264 e. The first-order valence-electron chi connectivity index (χ1n) is 10.8. The van der Waals surface area contributed by atoms with Crippen LogP contribution < -0.4 is 9.46 Å². The van der Waals surface area contributed by atoms with Crippen molar-refractivity contribution in [3.8, 4) is 11.8 Å². The molecule has 0 saturated heterocycles. The predicted octanol–water partition coefficient (Wildman–Crippen LogP) is 5.34. The second kappa shape index (κ2) is 9.05. The van der Waals surface area contributed by atoms with Crippen molar-refractivity contribution < 1.29 is 13.2 Å². The summed E-state index contributed by atoms with van der Waals surface area (Å²) in [6.07, 6.45) is 1.57. The van der Waals surface area contributed by atoms with Crippen molar-refractivity contribution in [3.05, 3.63) is 102 Å². The van der Waals surface area contributed by atoms with Crippen LogP contribution in [0.3, 0.4) is 0 Å². The first kappa shape index (κ1) is 22.3. The van der Waals surface area contributed by atoms with Crippen LogP contribution in [0.4, 0.5) is 5.69 Å². The number of hydrogen-bond donors (Lipinski definition) is 1. The van der Waals surface area contributed by atoms with Crippen LogP contribution in [0.15, 0.2) is 90.0 Å². The number of para-hydroxylation sites is 1. The van der Waals surface area contributed by atoms with Gasteiger partial charge < -0.3 is 4.74 Å². The lowest BCUT2D eigenvalue weighted by molar-refractivity contribution is 0.301. The van der Waals surface area contributed by atoms with Crippen LogP contribution in [-0.4, -0.2) is 18.4 Å². The molecule has 0 atom stereocenters. The quantitative estimate of drug-likeness (QED) is 0.352. The van der Waals surface area contributed by atoms with E-state index in [0.29, 0.717) is 28.0 Å². The molecule has 0 fully saturated rings. The number of nitriles is 1. The van der Waals surface area contributed by atoms with E-state index in [4.69, 9.17) is 15.0 Å². The number of benzene rings is 3. The van der Waals surface area contributed by atoms with Crippen LogP contribution >= 0.6 is 0 Å². The monoisotopic (exact) mass is 480 g/mol. The molecule has 0 saturated carbocycles. The molecule has 5 aromatic rings. The third-order valence-corrected chi connectivity index (χ3v) is 7.02.